The summed E-state index contributed by atoms with van der Waals surface area (Å²) in [6.45, 7) is 5.19. The highest BCUT2D eigenvalue weighted by Crippen LogP contribution is 2.20. The molecule has 24 heavy (non-hydrogen) atoms. The molecule has 0 saturated heterocycles. The largest absolute Gasteiger partial charge is 0.507 e. The molecule has 2 aromatic rings. The van der Waals surface area contributed by atoms with Crippen molar-refractivity contribution in [3.63, 3.8) is 0 Å². The van der Waals surface area contributed by atoms with E-state index in [1.54, 1.807) is 17.9 Å². The lowest BCUT2D eigenvalue weighted by molar-refractivity contribution is -0.122. The van der Waals surface area contributed by atoms with Gasteiger partial charge in [-0.25, -0.2) is 4.79 Å². The van der Waals surface area contributed by atoms with Crippen LogP contribution in [0.2, 0.25) is 0 Å². The van der Waals surface area contributed by atoms with E-state index in [-0.39, 0.29) is 29.9 Å². The van der Waals surface area contributed by atoms with E-state index < -0.39 is 5.97 Å². The molecule has 0 aliphatic heterocycles. The first kappa shape index (κ1) is 17.5. The number of nitrogens with zero attached hydrogens (tertiary/aromatic N) is 1. The molecule has 0 aromatic heterocycles. The number of carbonyl (C=O) groups is 2. The molecule has 1 amide bonds. The molecule has 2 rings (SSSR count). The lowest BCUT2D eigenvalue weighted by Gasteiger charge is -2.26. The van der Waals surface area contributed by atoms with Crippen molar-refractivity contribution in [2.24, 2.45) is 0 Å². The Hall–Kier alpha value is -2.82. The van der Waals surface area contributed by atoms with Crippen LogP contribution in [-0.2, 0) is 9.53 Å². The molecule has 0 atom stereocenters. The molecule has 0 bridgehead atoms. The van der Waals surface area contributed by atoms with Crippen LogP contribution in [0.5, 0.6) is 5.75 Å². The Morgan fingerprint density at radius 3 is 2.42 bits per heavy atom. The summed E-state index contributed by atoms with van der Waals surface area (Å²) in [7, 11) is 0. The summed E-state index contributed by atoms with van der Waals surface area (Å²) in [5.41, 5.74) is 1.62. The number of aromatic hydroxyl groups is 1. The Morgan fingerprint density at radius 1 is 1.12 bits per heavy atom. The van der Waals surface area contributed by atoms with E-state index in [9.17, 15) is 14.7 Å². The van der Waals surface area contributed by atoms with Crippen LogP contribution in [0.25, 0.3) is 0 Å². The molecule has 1 N–H and O–H groups in total. The number of ether oxygens (including phenoxy) is 1. The Balaban J connectivity index is 2.08. The van der Waals surface area contributed by atoms with Crippen LogP contribution in [-0.4, -0.2) is 29.6 Å². The van der Waals surface area contributed by atoms with Crippen LogP contribution in [0.15, 0.2) is 48.5 Å². The van der Waals surface area contributed by atoms with Crippen LogP contribution < -0.4 is 4.90 Å². The van der Waals surface area contributed by atoms with Gasteiger partial charge in [0.05, 0.1) is 0 Å². The first-order valence-corrected chi connectivity index (χ1v) is 7.74. The SMILES string of the molecule is Cc1ccc(O)c(C(=O)OCC(=O)N(c2ccccc2)C(C)C)c1. The van der Waals surface area contributed by atoms with E-state index in [0.717, 1.165) is 11.3 Å². The van der Waals surface area contributed by atoms with Crippen molar-refractivity contribution in [1.82, 2.24) is 0 Å². The zero-order valence-electron chi connectivity index (χ0n) is 14.0. The summed E-state index contributed by atoms with van der Waals surface area (Å²) >= 11 is 0. The second kappa shape index (κ2) is 7.64. The van der Waals surface area contributed by atoms with Crippen LogP contribution in [0.4, 0.5) is 5.69 Å². The Bertz CT molecular complexity index is 725. The Labute approximate surface area is 141 Å². The molecule has 5 heteroatoms. The van der Waals surface area contributed by atoms with Gasteiger partial charge in [-0.2, -0.15) is 0 Å². The number of phenolic OH excluding ortho intramolecular Hbond substituents is 1. The highest BCUT2D eigenvalue weighted by Gasteiger charge is 2.21. The molecule has 0 saturated carbocycles. The number of carbonyl (C=O) groups excluding carboxylic acids is 2. The number of anilines is 1. The van der Waals surface area contributed by atoms with E-state index >= 15 is 0 Å². The lowest BCUT2D eigenvalue weighted by atomic mass is 10.1. The number of esters is 1. The molecule has 126 valence electrons. The van der Waals surface area contributed by atoms with Crippen LogP contribution >= 0.6 is 0 Å². The average Bonchev–Trinajstić information content (AvgIpc) is 2.55. The number of benzene rings is 2. The van der Waals surface area contributed by atoms with E-state index in [0.29, 0.717) is 0 Å². The minimum Gasteiger partial charge on any atom is -0.507 e. The monoisotopic (exact) mass is 327 g/mol. The molecule has 2 aromatic carbocycles. The van der Waals surface area contributed by atoms with Crippen LogP contribution in [0.1, 0.15) is 29.8 Å². The lowest BCUT2D eigenvalue weighted by Crippen LogP contribution is -2.39. The fraction of sp³-hybridized carbons (Fsp3) is 0.263. The summed E-state index contributed by atoms with van der Waals surface area (Å²) in [5.74, 6) is -1.21. The van der Waals surface area contributed by atoms with Crippen molar-refractivity contribution in [2.75, 3.05) is 11.5 Å². The standard InChI is InChI=1S/C19H21NO4/c1-13(2)20(15-7-5-4-6-8-15)18(22)12-24-19(23)16-11-14(3)9-10-17(16)21/h4-11,13,21H,12H2,1-3H3. The molecule has 0 unspecified atom stereocenters. The summed E-state index contributed by atoms with van der Waals surface area (Å²) < 4.78 is 5.09. The van der Waals surface area contributed by atoms with Crippen LogP contribution in [0, 0.1) is 6.92 Å². The Morgan fingerprint density at radius 2 is 1.79 bits per heavy atom. The number of rotatable bonds is 5. The van der Waals surface area contributed by atoms with Gasteiger partial charge < -0.3 is 14.7 Å². The zero-order valence-corrected chi connectivity index (χ0v) is 14.0. The first-order valence-electron chi connectivity index (χ1n) is 7.74. The van der Waals surface area contributed by atoms with E-state index in [1.807, 2.05) is 44.2 Å². The quantitative estimate of drug-likeness (QED) is 0.856. The van der Waals surface area contributed by atoms with Crippen molar-refractivity contribution in [2.45, 2.75) is 26.8 Å². The fourth-order valence-electron chi connectivity index (χ4n) is 2.41. The molecule has 0 heterocycles. The first-order chi connectivity index (χ1) is 11.4. The fourth-order valence-corrected chi connectivity index (χ4v) is 2.41. The summed E-state index contributed by atoms with van der Waals surface area (Å²) in [4.78, 5) is 26.1. The van der Waals surface area contributed by atoms with Gasteiger partial charge in [0.15, 0.2) is 6.61 Å². The van der Waals surface area contributed by atoms with Crippen molar-refractivity contribution < 1.29 is 19.4 Å². The summed E-state index contributed by atoms with van der Waals surface area (Å²) in [6.07, 6.45) is 0. The third-order valence-electron chi connectivity index (χ3n) is 3.52. The third kappa shape index (κ3) is 4.13. The van der Waals surface area contributed by atoms with Gasteiger partial charge >= 0.3 is 5.97 Å². The smallest absolute Gasteiger partial charge is 0.342 e. The molecular weight excluding hydrogens is 306 g/mol. The van der Waals surface area contributed by atoms with Gasteiger partial charge in [-0.3, -0.25) is 4.79 Å². The number of para-hydroxylation sites is 1. The van der Waals surface area contributed by atoms with Crippen LogP contribution in [0.3, 0.4) is 0 Å². The number of amides is 1. The molecular formula is C19H21NO4. The zero-order chi connectivity index (χ0) is 17.7. The van der Waals surface area contributed by atoms with Crippen molar-refractivity contribution >= 4 is 17.6 Å². The second-order valence-corrected chi connectivity index (χ2v) is 5.79. The number of hydrogen-bond acceptors (Lipinski definition) is 4. The topological polar surface area (TPSA) is 66.8 Å². The van der Waals surface area contributed by atoms with E-state index in [2.05, 4.69) is 0 Å². The minimum atomic E-state index is -0.721. The second-order valence-electron chi connectivity index (χ2n) is 5.79. The number of aryl methyl sites for hydroxylation is 1. The average molecular weight is 327 g/mol. The highest BCUT2D eigenvalue weighted by atomic mass is 16.5. The van der Waals surface area contributed by atoms with Gasteiger partial charge in [-0.15, -0.1) is 0 Å². The van der Waals surface area contributed by atoms with Crippen molar-refractivity contribution in [1.29, 1.82) is 0 Å². The van der Waals surface area contributed by atoms with Crippen molar-refractivity contribution in [3.8, 4) is 5.75 Å². The third-order valence-corrected chi connectivity index (χ3v) is 3.52. The maximum absolute atomic E-state index is 12.5. The number of hydrogen-bond donors (Lipinski definition) is 1. The predicted molar refractivity (Wildman–Crippen MR) is 92.2 cm³/mol. The Kier molecular flexibility index (Phi) is 5.58. The molecule has 5 nitrogen and oxygen atoms in total. The van der Waals surface area contributed by atoms with E-state index in [4.69, 9.17) is 4.74 Å². The molecule has 0 spiro atoms. The molecule has 0 fully saturated rings. The van der Waals surface area contributed by atoms with Gasteiger partial charge in [-0.1, -0.05) is 29.8 Å². The molecule has 0 aliphatic rings. The van der Waals surface area contributed by atoms with Gasteiger partial charge in [0.25, 0.3) is 5.91 Å². The van der Waals surface area contributed by atoms with Gasteiger partial charge in [0.2, 0.25) is 0 Å². The van der Waals surface area contributed by atoms with E-state index in [1.165, 1.54) is 12.1 Å². The van der Waals surface area contributed by atoms with Gasteiger partial charge in [-0.05, 0) is 45.0 Å². The normalized spacial score (nSPS) is 10.5. The van der Waals surface area contributed by atoms with Gasteiger partial charge in [0.1, 0.15) is 11.3 Å². The molecule has 0 radical (unpaired) electrons. The number of phenols is 1. The minimum absolute atomic E-state index is 0.0543. The summed E-state index contributed by atoms with van der Waals surface area (Å²) in [5, 5.41) is 9.75. The maximum atomic E-state index is 12.5. The molecule has 0 aliphatic carbocycles. The predicted octanol–water partition coefficient (Wildman–Crippen LogP) is 3.30. The summed E-state index contributed by atoms with van der Waals surface area (Å²) in [6, 6.07) is 13.8. The maximum Gasteiger partial charge on any atom is 0.342 e. The van der Waals surface area contributed by atoms with Crippen molar-refractivity contribution in [3.05, 3.63) is 59.7 Å². The van der Waals surface area contributed by atoms with Gasteiger partial charge in [0, 0.05) is 11.7 Å². The highest BCUT2D eigenvalue weighted by molar-refractivity contribution is 5.98.